The molecule has 2 N–H and O–H groups in total. The molecule has 2 aromatic carbocycles. The minimum atomic E-state index is -3.41. The van der Waals surface area contributed by atoms with Crippen LogP contribution in [0.3, 0.4) is 0 Å². The van der Waals surface area contributed by atoms with Gasteiger partial charge >= 0.3 is 11.9 Å². The lowest BCUT2D eigenvalue weighted by atomic mass is 10.1. The van der Waals surface area contributed by atoms with Crippen molar-refractivity contribution < 1.29 is 37.7 Å². The summed E-state index contributed by atoms with van der Waals surface area (Å²) in [4.78, 5) is 20.8. The van der Waals surface area contributed by atoms with Crippen LogP contribution in [0.2, 0.25) is 0 Å². The molecule has 10 nitrogen and oxygen atoms in total. The van der Waals surface area contributed by atoms with Crippen molar-refractivity contribution in [3.8, 4) is 11.5 Å². The molecule has 1 fully saturated rings. The zero-order valence-electron chi connectivity index (χ0n) is 17.8. The highest BCUT2D eigenvalue weighted by Crippen LogP contribution is 2.26. The average molecular weight is 467 g/mol. The maximum atomic E-state index is 12.7. The Morgan fingerprint density at radius 3 is 2.00 bits per heavy atom. The van der Waals surface area contributed by atoms with E-state index in [0.717, 1.165) is 17.1 Å². The number of benzene rings is 2. The molecule has 0 spiro atoms. The predicted octanol–water partition coefficient (Wildman–Crippen LogP) is 1.37. The molecule has 1 aliphatic heterocycles. The van der Waals surface area contributed by atoms with Gasteiger partial charge in [0.2, 0.25) is 10.0 Å². The Morgan fingerprint density at radius 1 is 0.906 bits per heavy atom. The molecule has 0 bridgehead atoms. The van der Waals surface area contributed by atoms with Crippen LogP contribution in [0.25, 0.3) is 0 Å². The number of piperazine rings is 1. The normalized spacial score (nSPS) is 14.7. The van der Waals surface area contributed by atoms with Gasteiger partial charge < -0.3 is 19.7 Å². The Bertz CT molecular complexity index is 1010. The van der Waals surface area contributed by atoms with Gasteiger partial charge in [-0.15, -0.1) is 0 Å². The molecule has 0 aliphatic carbocycles. The van der Waals surface area contributed by atoms with Crippen LogP contribution in [0.1, 0.15) is 5.56 Å². The lowest BCUT2D eigenvalue weighted by Gasteiger charge is -2.34. The molecule has 3 rings (SSSR count). The Hall–Kier alpha value is -3.15. The van der Waals surface area contributed by atoms with E-state index >= 15 is 0 Å². The van der Waals surface area contributed by atoms with Crippen LogP contribution in [0, 0.1) is 0 Å². The number of aliphatic carboxylic acids is 2. The van der Waals surface area contributed by atoms with Crippen LogP contribution < -0.4 is 9.47 Å². The number of methoxy groups -OCH3 is 2. The summed E-state index contributed by atoms with van der Waals surface area (Å²) >= 11 is 0. The van der Waals surface area contributed by atoms with Crippen LogP contribution in [0.4, 0.5) is 0 Å². The van der Waals surface area contributed by atoms with Gasteiger partial charge in [-0.3, -0.25) is 4.90 Å². The first kappa shape index (κ1) is 25.1. The van der Waals surface area contributed by atoms with Crippen molar-refractivity contribution >= 4 is 22.0 Å². The van der Waals surface area contributed by atoms with E-state index in [1.165, 1.54) is 0 Å². The molecule has 2 aromatic rings. The van der Waals surface area contributed by atoms with Gasteiger partial charge in [-0.1, -0.05) is 24.3 Å². The highest BCUT2D eigenvalue weighted by molar-refractivity contribution is 7.89. The maximum Gasteiger partial charge on any atom is 0.414 e. The molecule has 0 aromatic heterocycles. The summed E-state index contributed by atoms with van der Waals surface area (Å²) in [5, 5.41) is 14.8. The second-order valence-electron chi connectivity index (χ2n) is 6.78. The van der Waals surface area contributed by atoms with E-state index in [-0.39, 0.29) is 0 Å². The van der Waals surface area contributed by atoms with E-state index < -0.39 is 22.0 Å². The monoisotopic (exact) mass is 466 g/mol. The van der Waals surface area contributed by atoms with Gasteiger partial charge in [0.25, 0.3) is 0 Å². The predicted molar refractivity (Wildman–Crippen MR) is 115 cm³/mol. The molecule has 11 heteroatoms. The number of sulfonamides is 1. The zero-order chi connectivity index (χ0) is 23.7. The fourth-order valence-electron chi connectivity index (χ4n) is 3.09. The molecular weight excluding hydrogens is 440 g/mol. The molecule has 0 radical (unpaired) electrons. The number of carboxylic acid groups (broad SMARTS) is 2. The van der Waals surface area contributed by atoms with Gasteiger partial charge in [0.15, 0.2) is 0 Å². The second kappa shape index (κ2) is 11.5. The van der Waals surface area contributed by atoms with Crippen molar-refractivity contribution in [3.63, 3.8) is 0 Å². The van der Waals surface area contributed by atoms with E-state index in [2.05, 4.69) is 4.90 Å². The number of carboxylic acids is 2. The van der Waals surface area contributed by atoms with Crippen molar-refractivity contribution in [2.45, 2.75) is 11.4 Å². The Kier molecular flexibility index (Phi) is 9.00. The molecule has 1 heterocycles. The fraction of sp³-hybridized carbons (Fsp3) is 0.333. The quantitative estimate of drug-likeness (QED) is 0.605. The molecule has 0 atom stereocenters. The number of carbonyl (C=O) groups is 2. The summed E-state index contributed by atoms with van der Waals surface area (Å²) in [6, 6.07) is 14.4. The highest BCUT2D eigenvalue weighted by atomic mass is 32.2. The van der Waals surface area contributed by atoms with Gasteiger partial charge in [-0.2, -0.15) is 4.31 Å². The number of ether oxygens (including phenoxy) is 2. The lowest BCUT2D eigenvalue weighted by molar-refractivity contribution is -0.159. The molecular formula is C21H26N2O8S. The molecule has 0 unspecified atom stereocenters. The molecule has 0 saturated carbocycles. The zero-order valence-corrected chi connectivity index (χ0v) is 18.6. The van der Waals surface area contributed by atoms with Gasteiger partial charge in [-0.05, 0) is 18.2 Å². The van der Waals surface area contributed by atoms with Gasteiger partial charge in [0, 0.05) is 44.4 Å². The molecule has 0 amide bonds. The molecule has 1 saturated heterocycles. The van der Waals surface area contributed by atoms with Crippen LogP contribution in [0.15, 0.2) is 53.4 Å². The van der Waals surface area contributed by atoms with E-state index in [0.29, 0.717) is 37.6 Å². The van der Waals surface area contributed by atoms with Crippen LogP contribution in [0.5, 0.6) is 11.5 Å². The molecule has 1 aliphatic rings. The minimum absolute atomic E-state index is 0.352. The first-order valence-electron chi connectivity index (χ1n) is 9.63. The number of hydrogen-bond acceptors (Lipinski definition) is 7. The summed E-state index contributed by atoms with van der Waals surface area (Å²) in [5.74, 6) is -2.11. The van der Waals surface area contributed by atoms with E-state index in [9.17, 15) is 8.42 Å². The Morgan fingerprint density at radius 2 is 1.50 bits per heavy atom. The van der Waals surface area contributed by atoms with Crippen molar-refractivity contribution in [2.75, 3.05) is 40.4 Å². The Labute approximate surface area is 186 Å². The number of hydrogen-bond donors (Lipinski definition) is 2. The summed E-state index contributed by atoms with van der Waals surface area (Å²) in [5.41, 5.74) is 1.06. The van der Waals surface area contributed by atoms with Gasteiger partial charge in [-0.25, -0.2) is 18.0 Å². The summed E-state index contributed by atoms with van der Waals surface area (Å²) in [6.45, 7) is 3.04. The molecule has 174 valence electrons. The maximum absolute atomic E-state index is 12.7. The molecule has 32 heavy (non-hydrogen) atoms. The van der Waals surface area contributed by atoms with Crippen LogP contribution in [-0.2, 0) is 26.2 Å². The van der Waals surface area contributed by atoms with E-state index in [4.69, 9.17) is 29.3 Å². The van der Waals surface area contributed by atoms with Crippen molar-refractivity contribution in [1.82, 2.24) is 9.21 Å². The van der Waals surface area contributed by atoms with Gasteiger partial charge in [0.05, 0.1) is 19.1 Å². The third kappa shape index (κ3) is 6.67. The average Bonchev–Trinajstić information content (AvgIpc) is 2.80. The lowest BCUT2D eigenvalue weighted by Crippen LogP contribution is -2.48. The largest absolute Gasteiger partial charge is 0.497 e. The highest BCUT2D eigenvalue weighted by Gasteiger charge is 2.28. The number of rotatable bonds is 6. The summed E-state index contributed by atoms with van der Waals surface area (Å²) in [6.07, 6.45) is 0. The SMILES string of the molecule is COc1ccc(CN2CCN(S(=O)(=O)c3ccccc3)CC2)c(OC)c1.O=C(O)C(=O)O. The fourth-order valence-corrected chi connectivity index (χ4v) is 4.54. The minimum Gasteiger partial charge on any atom is -0.497 e. The smallest absolute Gasteiger partial charge is 0.414 e. The van der Waals surface area contributed by atoms with Crippen LogP contribution >= 0.6 is 0 Å². The van der Waals surface area contributed by atoms with Crippen molar-refractivity contribution in [1.29, 1.82) is 0 Å². The second-order valence-corrected chi connectivity index (χ2v) is 8.72. The summed E-state index contributed by atoms with van der Waals surface area (Å²) < 4.78 is 37.6. The van der Waals surface area contributed by atoms with Crippen LogP contribution in [-0.4, -0.2) is 80.2 Å². The van der Waals surface area contributed by atoms with Gasteiger partial charge in [0.1, 0.15) is 11.5 Å². The topological polar surface area (TPSA) is 134 Å². The third-order valence-electron chi connectivity index (χ3n) is 4.78. The van der Waals surface area contributed by atoms with E-state index in [1.54, 1.807) is 42.8 Å². The Balaban J connectivity index is 0.000000534. The first-order chi connectivity index (χ1) is 15.2. The van der Waals surface area contributed by atoms with E-state index in [1.807, 2.05) is 24.3 Å². The van der Waals surface area contributed by atoms with Crippen molar-refractivity contribution in [3.05, 3.63) is 54.1 Å². The van der Waals surface area contributed by atoms with Crippen molar-refractivity contribution in [2.24, 2.45) is 0 Å². The standard InChI is InChI=1S/C19H24N2O4S.C2H2O4/c1-24-17-9-8-16(19(14-17)25-2)15-20-10-12-21(13-11-20)26(22,23)18-6-4-3-5-7-18;3-1(4)2(5)6/h3-9,14H,10-13,15H2,1-2H3;(H,3,4)(H,5,6). The first-order valence-corrected chi connectivity index (χ1v) is 11.1. The number of nitrogens with zero attached hydrogens (tertiary/aromatic N) is 2. The summed E-state index contributed by atoms with van der Waals surface area (Å²) in [7, 11) is -0.147. The third-order valence-corrected chi connectivity index (χ3v) is 6.70.